The van der Waals surface area contributed by atoms with Gasteiger partial charge in [-0.1, -0.05) is 13.3 Å². The standard InChI is InChI=1S/C8H18N2O3S/c1-2-3-5-10-8(11)7-14(12,13)6-4-9/h2-7,9H2,1H3,(H,10,11). The van der Waals surface area contributed by atoms with E-state index in [1.54, 1.807) is 0 Å². The Kier molecular flexibility index (Phi) is 6.48. The number of hydrogen-bond donors (Lipinski definition) is 2. The van der Waals surface area contributed by atoms with E-state index >= 15 is 0 Å². The van der Waals surface area contributed by atoms with Crippen LogP contribution in [-0.2, 0) is 14.6 Å². The van der Waals surface area contributed by atoms with Crippen LogP contribution >= 0.6 is 0 Å². The smallest absolute Gasteiger partial charge is 0.235 e. The molecule has 0 aliphatic heterocycles. The van der Waals surface area contributed by atoms with Crippen molar-refractivity contribution in [2.45, 2.75) is 19.8 Å². The van der Waals surface area contributed by atoms with Crippen molar-refractivity contribution in [2.24, 2.45) is 5.73 Å². The Hall–Kier alpha value is -0.620. The first kappa shape index (κ1) is 13.4. The van der Waals surface area contributed by atoms with Gasteiger partial charge in [-0.05, 0) is 6.42 Å². The molecule has 0 aromatic rings. The Labute approximate surface area is 85.0 Å². The summed E-state index contributed by atoms with van der Waals surface area (Å²) in [6.45, 7) is 2.59. The summed E-state index contributed by atoms with van der Waals surface area (Å²) in [5.74, 6) is -1.02. The topological polar surface area (TPSA) is 89.3 Å². The van der Waals surface area contributed by atoms with Crippen molar-refractivity contribution < 1.29 is 13.2 Å². The summed E-state index contributed by atoms with van der Waals surface area (Å²) < 4.78 is 22.3. The molecular formula is C8H18N2O3S. The van der Waals surface area contributed by atoms with Gasteiger partial charge < -0.3 is 11.1 Å². The maximum atomic E-state index is 11.1. The predicted octanol–water partition coefficient (Wildman–Crippen LogP) is -0.724. The lowest BCUT2D eigenvalue weighted by Gasteiger charge is -2.04. The van der Waals surface area contributed by atoms with Crippen LogP contribution in [0.1, 0.15) is 19.8 Å². The van der Waals surface area contributed by atoms with Crippen molar-refractivity contribution in [3.05, 3.63) is 0 Å². The number of carbonyl (C=O) groups excluding carboxylic acids is 1. The maximum absolute atomic E-state index is 11.1. The van der Waals surface area contributed by atoms with E-state index in [0.717, 1.165) is 12.8 Å². The average molecular weight is 222 g/mol. The third-order valence-electron chi connectivity index (χ3n) is 1.63. The van der Waals surface area contributed by atoms with E-state index in [1.165, 1.54) is 0 Å². The highest BCUT2D eigenvalue weighted by Gasteiger charge is 2.14. The predicted molar refractivity (Wildman–Crippen MR) is 55.6 cm³/mol. The molecule has 0 fully saturated rings. The van der Waals surface area contributed by atoms with E-state index in [0.29, 0.717) is 6.54 Å². The molecule has 0 heterocycles. The SMILES string of the molecule is CCCCNC(=O)CS(=O)(=O)CCN. The number of carbonyl (C=O) groups is 1. The van der Waals surface area contributed by atoms with E-state index in [4.69, 9.17) is 5.73 Å². The molecule has 0 aromatic heterocycles. The molecule has 14 heavy (non-hydrogen) atoms. The number of nitrogens with one attached hydrogen (secondary N) is 1. The lowest BCUT2D eigenvalue weighted by molar-refractivity contribution is -0.118. The van der Waals surface area contributed by atoms with Gasteiger partial charge in [0.25, 0.3) is 0 Å². The molecule has 0 unspecified atom stereocenters. The Balaban J connectivity index is 3.82. The first-order chi connectivity index (χ1) is 6.52. The van der Waals surface area contributed by atoms with E-state index in [9.17, 15) is 13.2 Å². The zero-order valence-electron chi connectivity index (χ0n) is 8.45. The molecule has 0 radical (unpaired) electrons. The van der Waals surface area contributed by atoms with E-state index in [-0.39, 0.29) is 12.3 Å². The minimum Gasteiger partial charge on any atom is -0.355 e. The molecule has 3 N–H and O–H groups in total. The fraction of sp³-hybridized carbons (Fsp3) is 0.875. The summed E-state index contributed by atoms with van der Waals surface area (Å²) in [7, 11) is -3.31. The molecule has 0 aliphatic rings. The summed E-state index contributed by atoms with van der Waals surface area (Å²) in [6, 6.07) is 0. The van der Waals surface area contributed by atoms with Crippen molar-refractivity contribution >= 4 is 15.7 Å². The number of nitrogens with two attached hydrogens (primary N) is 1. The Morgan fingerprint density at radius 3 is 2.57 bits per heavy atom. The normalized spacial score (nSPS) is 11.3. The van der Waals surface area contributed by atoms with Gasteiger partial charge in [0.05, 0.1) is 5.75 Å². The van der Waals surface area contributed by atoms with Gasteiger partial charge in [0.1, 0.15) is 5.75 Å². The van der Waals surface area contributed by atoms with Crippen LogP contribution in [0.5, 0.6) is 0 Å². The lowest BCUT2D eigenvalue weighted by Crippen LogP contribution is -2.33. The summed E-state index contributed by atoms with van der Waals surface area (Å²) in [4.78, 5) is 11.1. The molecule has 0 bridgehead atoms. The Morgan fingerprint density at radius 2 is 2.07 bits per heavy atom. The second-order valence-corrected chi connectivity index (χ2v) is 5.27. The first-order valence-corrected chi connectivity index (χ1v) is 6.51. The van der Waals surface area contributed by atoms with Crippen LogP contribution in [-0.4, -0.2) is 38.9 Å². The summed E-state index contributed by atoms with van der Waals surface area (Å²) in [6.07, 6.45) is 1.83. The maximum Gasteiger partial charge on any atom is 0.235 e. The van der Waals surface area contributed by atoms with Crippen molar-refractivity contribution in [3.63, 3.8) is 0 Å². The quantitative estimate of drug-likeness (QED) is 0.556. The summed E-state index contributed by atoms with van der Waals surface area (Å²) in [5, 5.41) is 2.54. The van der Waals surface area contributed by atoms with Crippen LogP contribution in [0.15, 0.2) is 0 Å². The second-order valence-electron chi connectivity index (χ2n) is 3.08. The van der Waals surface area contributed by atoms with Crippen LogP contribution in [0.2, 0.25) is 0 Å². The molecule has 0 aliphatic carbocycles. The highest BCUT2D eigenvalue weighted by molar-refractivity contribution is 7.92. The third kappa shape index (κ3) is 6.85. The number of unbranched alkanes of at least 4 members (excludes halogenated alkanes) is 1. The Morgan fingerprint density at radius 1 is 1.43 bits per heavy atom. The van der Waals surface area contributed by atoms with Crippen LogP contribution in [0.3, 0.4) is 0 Å². The summed E-state index contributed by atoms with van der Waals surface area (Å²) in [5.41, 5.74) is 5.10. The molecular weight excluding hydrogens is 204 g/mol. The van der Waals surface area contributed by atoms with Crippen molar-refractivity contribution in [3.8, 4) is 0 Å². The van der Waals surface area contributed by atoms with Gasteiger partial charge in [-0.3, -0.25) is 4.79 Å². The average Bonchev–Trinajstić information content (AvgIpc) is 2.03. The van der Waals surface area contributed by atoms with Gasteiger partial charge in [-0.25, -0.2) is 8.42 Å². The van der Waals surface area contributed by atoms with Crippen molar-refractivity contribution in [1.29, 1.82) is 0 Å². The molecule has 1 amide bonds. The molecule has 6 heteroatoms. The molecule has 5 nitrogen and oxygen atoms in total. The zero-order valence-corrected chi connectivity index (χ0v) is 9.27. The molecule has 84 valence electrons. The number of hydrogen-bond acceptors (Lipinski definition) is 4. The van der Waals surface area contributed by atoms with Crippen molar-refractivity contribution in [1.82, 2.24) is 5.32 Å². The zero-order chi connectivity index (χ0) is 11.0. The van der Waals surface area contributed by atoms with Crippen molar-refractivity contribution in [2.75, 3.05) is 24.6 Å². The minimum atomic E-state index is -3.31. The van der Waals surface area contributed by atoms with Gasteiger partial charge in [0.2, 0.25) is 5.91 Å². The number of sulfone groups is 1. The highest BCUT2D eigenvalue weighted by atomic mass is 32.2. The van der Waals surface area contributed by atoms with E-state index in [2.05, 4.69) is 5.32 Å². The molecule has 0 aromatic carbocycles. The first-order valence-electron chi connectivity index (χ1n) is 4.69. The van der Waals surface area contributed by atoms with Gasteiger partial charge >= 0.3 is 0 Å². The molecule has 0 atom stereocenters. The van der Waals surface area contributed by atoms with Gasteiger partial charge in [0, 0.05) is 13.1 Å². The van der Waals surface area contributed by atoms with Gasteiger partial charge in [-0.15, -0.1) is 0 Å². The van der Waals surface area contributed by atoms with Gasteiger partial charge in [-0.2, -0.15) is 0 Å². The fourth-order valence-corrected chi connectivity index (χ4v) is 1.91. The molecule has 0 rings (SSSR count). The summed E-state index contributed by atoms with van der Waals surface area (Å²) >= 11 is 0. The fourth-order valence-electron chi connectivity index (χ4n) is 0.907. The number of amides is 1. The Bertz CT molecular complexity index is 262. The van der Waals surface area contributed by atoms with Gasteiger partial charge in [0.15, 0.2) is 9.84 Å². The number of rotatable bonds is 7. The second kappa shape index (κ2) is 6.78. The molecule has 0 spiro atoms. The van der Waals surface area contributed by atoms with E-state index in [1.807, 2.05) is 6.92 Å². The minimum absolute atomic E-state index is 0.0601. The van der Waals surface area contributed by atoms with E-state index < -0.39 is 21.5 Å². The third-order valence-corrected chi connectivity index (χ3v) is 3.19. The monoisotopic (exact) mass is 222 g/mol. The highest BCUT2D eigenvalue weighted by Crippen LogP contribution is 1.89. The lowest BCUT2D eigenvalue weighted by atomic mass is 10.3. The van der Waals surface area contributed by atoms with Crippen LogP contribution in [0.25, 0.3) is 0 Å². The van der Waals surface area contributed by atoms with Crippen LogP contribution < -0.4 is 11.1 Å². The largest absolute Gasteiger partial charge is 0.355 e. The molecule has 0 saturated carbocycles. The van der Waals surface area contributed by atoms with Crippen LogP contribution in [0, 0.1) is 0 Å². The van der Waals surface area contributed by atoms with Crippen LogP contribution in [0.4, 0.5) is 0 Å². The molecule has 0 saturated heterocycles.